The summed E-state index contributed by atoms with van der Waals surface area (Å²) in [5.74, 6) is -0.640. The minimum absolute atomic E-state index is 0.287. The molecular formula is C21H16BrClN4O3. The lowest BCUT2D eigenvalue weighted by molar-refractivity contribution is 0.0964. The zero-order valence-corrected chi connectivity index (χ0v) is 17.8. The Labute approximate surface area is 184 Å². The number of nitrogens with one attached hydrogen (secondary N) is 2. The zero-order valence-electron chi connectivity index (χ0n) is 15.5. The van der Waals surface area contributed by atoms with E-state index in [1.54, 1.807) is 54.6 Å². The van der Waals surface area contributed by atoms with Crippen LogP contribution in [0.25, 0.3) is 11.0 Å². The summed E-state index contributed by atoms with van der Waals surface area (Å²) in [4.78, 5) is 32.8. The molecule has 0 aliphatic heterocycles. The Morgan fingerprint density at radius 1 is 1.20 bits per heavy atom. The molecule has 4 rings (SSSR count). The van der Waals surface area contributed by atoms with Gasteiger partial charge in [0, 0.05) is 26.9 Å². The monoisotopic (exact) mass is 486 g/mol. The van der Waals surface area contributed by atoms with E-state index in [9.17, 15) is 14.7 Å². The Bertz CT molecular complexity index is 1250. The van der Waals surface area contributed by atoms with E-state index in [2.05, 4.69) is 31.2 Å². The van der Waals surface area contributed by atoms with Gasteiger partial charge in [-0.2, -0.15) is 0 Å². The molecule has 0 unspecified atom stereocenters. The Hall–Kier alpha value is -2.94. The number of carbonyl (C=O) groups is 2. The summed E-state index contributed by atoms with van der Waals surface area (Å²) >= 11 is 9.33. The first-order valence-corrected chi connectivity index (χ1v) is 10.2. The average Bonchev–Trinajstić information content (AvgIpc) is 3.35. The first-order chi connectivity index (χ1) is 14.5. The number of hydrogen-bond donors (Lipinski definition) is 3. The molecule has 2 aromatic heterocycles. The number of rotatable bonds is 4. The molecule has 2 aromatic carbocycles. The van der Waals surface area contributed by atoms with Gasteiger partial charge in [-0.15, -0.1) is 0 Å². The molecule has 0 saturated heterocycles. The zero-order chi connectivity index (χ0) is 21.3. The Balaban J connectivity index is 1.61. The van der Waals surface area contributed by atoms with Crippen molar-refractivity contribution in [3.05, 3.63) is 87.4 Å². The summed E-state index contributed by atoms with van der Waals surface area (Å²) in [6.45, 7) is -0.287. The Morgan fingerprint density at radius 3 is 2.80 bits per heavy atom. The number of fused-ring (bicyclic) bond motifs is 1. The maximum Gasteiger partial charge on any atom is 0.332 e. The number of nitrogens with zero attached hydrogens (tertiary/aromatic N) is 2. The Kier molecular flexibility index (Phi) is 5.72. The van der Waals surface area contributed by atoms with E-state index in [1.807, 2.05) is 0 Å². The number of aromatic nitrogens is 3. The molecule has 152 valence electrons. The quantitative estimate of drug-likeness (QED) is 0.399. The maximum atomic E-state index is 12.8. The minimum atomic E-state index is -0.627. The highest BCUT2D eigenvalue weighted by atomic mass is 79.9. The molecule has 0 bridgehead atoms. The van der Waals surface area contributed by atoms with Gasteiger partial charge in [-0.3, -0.25) is 14.7 Å². The number of benzene rings is 2. The normalized spacial score (nSPS) is 12.1. The van der Waals surface area contributed by atoms with Crippen LogP contribution in [-0.2, 0) is 0 Å². The number of aliphatic hydroxyl groups is 1. The van der Waals surface area contributed by atoms with Crippen molar-refractivity contribution in [2.75, 3.05) is 6.61 Å². The lowest BCUT2D eigenvalue weighted by Gasteiger charge is -2.15. The van der Waals surface area contributed by atoms with Crippen molar-refractivity contribution in [1.29, 1.82) is 0 Å². The molecule has 0 aliphatic rings. The van der Waals surface area contributed by atoms with Crippen LogP contribution in [0.15, 0.2) is 65.3 Å². The summed E-state index contributed by atoms with van der Waals surface area (Å²) in [5, 5.41) is 13.0. The molecule has 0 aliphatic carbocycles. The van der Waals surface area contributed by atoms with Gasteiger partial charge < -0.3 is 10.1 Å². The molecule has 2 heterocycles. The number of aromatic amines is 1. The van der Waals surface area contributed by atoms with E-state index in [1.165, 1.54) is 10.8 Å². The molecule has 0 spiro atoms. The second-order valence-corrected chi connectivity index (χ2v) is 7.94. The van der Waals surface area contributed by atoms with Gasteiger partial charge in [0.15, 0.2) is 0 Å². The van der Waals surface area contributed by atoms with Crippen LogP contribution >= 0.6 is 27.5 Å². The fourth-order valence-corrected chi connectivity index (χ4v) is 3.78. The highest BCUT2D eigenvalue weighted by molar-refractivity contribution is 9.10. The van der Waals surface area contributed by atoms with Crippen LogP contribution in [0.1, 0.15) is 27.8 Å². The van der Waals surface area contributed by atoms with Crippen LogP contribution in [-0.4, -0.2) is 38.2 Å². The van der Waals surface area contributed by atoms with Crippen LogP contribution in [0.4, 0.5) is 4.79 Å². The van der Waals surface area contributed by atoms with Gasteiger partial charge >= 0.3 is 6.03 Å². The number of aliphatic hydroxyl groups excluding tert-OH is 1. The molecule has 3 N–H and O–H groups in total. The molecule has 2 amide bonds. The van der Waals surface area contributed by atoms with Crippen molar-refractivity contribution in [2.24, 2.45) is 0 Å². The third-order valence-corrected chi connectivity index (χ3v) is 5.37. The number of imidazole rings is 1. The van der Waals surface area contributed by atoms with E-state index in [0.717, 1.165) is 9.99 Å². The van der Waals surface area contributed by atoms with Crippen molar-refractivity contribution in [3.8, 4) is 0 Å². The summed E-state index contributed by atoms with van der Waals surface area (Å²) < 4.78 is 2.02. The van der Waals surface area contributed by atoms with Crippen molar-refractivity contribution >= 4 is 50.5 Å². The molecule has 7 nitrogen and oxygen atoms in total. The molecular weight excluding hydrogens is 472 g/mol. The van der Waals surface area contributed by atoms with Crippen molar-refractivity contribution < 1.29 is 14.7 Å². The van der Waals surface area contributed by atoms with Gasteiger partial charge in [-0.05, 0) is 48.5 Å². The first kappa shape index (κ1) is 20.3. The van der Waals surface area contributed by atoms with Crippen molar-refractivity contribution in [3.63, 3.8) is 0 Å². The van der Waals surface area contributed by atoms with Crippen LogP contribution in [0.3, 0.4) is 0 Å². The number of imide groups is 1. The SMILES string of the molecule is O=C(NC(=O)n1cccc1[C@@H](CO)c1nc2ccc(Cl)cc2[nH]1)c1cccc(Br)c1. The number of H-pyrrole nitrogens is 1. The predicted molar refractivity (Wildman–Crippen MR) is 117 cm³/mol. The van der Waals surface area contributed by atoms with Gasteiger partial charge in [0.1, 0.15) is 5.82 Å². The van der Waals surface area contributed by atoms with Gasteiger partial charge in [-0.25, -0.2) is 9.78 Å². The maximum absolute atomic E-state index is 12.8. The summed E-state index contributed by atoms with van der Waals surface area (Å²) in [6, 6.07) is 14.7. The summed E-state index contributed by atoms with van der Waals surface area (Å²) in [6.07, 6.45) is 1.53. The summed E-state index contributed by atoms with van der Waals surface area (Å²) in [7, 11) is 0. The number of halogens is 2. The topological polar surface area (TPSA) is 100 Å². The average molecular weight is 488 g/mol. The fourth-order valence-electron chi connectivity index (χ4n) is 3.21. The molecule has 9 heteroatoms. The van der Waals surface area contributed by atoms with Gasteiger partial charge in [0.05, 0.1) is 23.6 Å². The van der Waals surface area contributed by atoms with Crippen molar-refractivity contribution in [1.82, 2.24) is 19.9 Å². The van der Waals surface area contributed by atoms with E-state index < -0.39 is 17.9 Å². The first-order valence-electron chi connectivity index (χ1n) is 9.01. The lowest BCUT2D eigenvalue weighted by Crippen LogP contribution is -2.35. The van der Waals surface area contributed by atoms with E-state index in [4.69, 9.17) is 11.6 Å². The highest BCUT2D eigenvalue weighted by Gasteiger charge is 2.24. The predicted octanol–water partition coefficient (Wildman–Crippen LogP) is 4.30. The van der Waals surface area contributed by atoms with E-state index in [0.29, 0.717) is 27.6 Å². The fraction of sp³-hybridized carbons (Fsp3) is 0.0952. The number of amides is 2. The second kappa shape index (κ2) is 8.43. The Morgan fingerprint density at radius 2 is 2.03 bits per heavy atom. The third kappa shape index (κ3) is 4.02. The molecule has 30 heavy (non-hydrogen) atoms. The number of carbonyl (C=O) groups excluding carboxylic acids is 2. The van der Waals surface area contributed by atoms with Crippen LogP contribution in [0.5, 0.6) is 0 Å². The standard InChI is InChI=1S/C21H16BrClN4O3/c22-13-4-1-3-12(9-13)20(29)26-21(30)27-8-2-5-18(27)15(11-28)19-24-16-7-6-14(23)10-17(16)25-19/h1-10,15,28H,11H2,(H,24,25)(H,26,29,30)/t15-/m1/s1. The molecule has 0 radical (unpaired) electrons. The second-order valence-electron chi connectivity index (χ2n) is 6.59. The smallest absolute Gasteiger partial charge is 0.332 e. The van der Waals surface area contributed by atoms with Crippen LogP contribution in [0.2, 0.25) is 5.02 Å². The van der Waals surface area contributed by atoms with E-state index in [-0.39, 0.29) is 6.61 Å². The number of hydrogen-bond acceptors (Lipinski definition) is 4. The minimum Gasteiger partial charge on any atom is -0.395 e. The van der Waals surface area contributed by atoms with Crippen LogP contribution < -0.4 is 5.32 Å². The van der Waals surface area contributed by atoms with Gasteiger partial charge in [0.2, 0.25) is 0 Å². The molecule has 0 fully saturated rings. The molecule has 1 atom stereocenters. The lowest BCUT2D eigenvalue weighted by atomic mass is 10.1. The van der Waals surface area contributed by atoms with Crippen LogP contribution in [0, 0.1) is 0 Å². The molecule has 4 aromatic rings. The molecule has 0 saturated carbocycles. The van der Waals surface area contributed by atoms with Crippen molar-refractivity contribution in [2.45, 2.75) is 5.92 Å². The largest absolute Gasteiger partial charge is 0.395 e. The van der Waals surface area contributed by atoms with E-state index >= 15 is 0 Å². The van der Waals surface area contributed by atoms with Gasteiger partial charge in [0.25, 0.3) is 5.91 Å². The summed E-state index contributed by atoms with van der Waals surface area (Å²) in [5.41, 5.74) is 2.25. The highest BCUT2D eigenvalue weighted by Crippen LogP contribution is 2.26. The van der Waals surface area contributed by atoms with Gasteiger partial charge in [-0.1, -0.05) is 33.6 Å². The third-order valence-electron chi connectivity index (χ3n) is 4.64.